The summed E-state index contributed by atoms with van der Waals surface area (Å²) < 4.78 is 2.24. The zero-order valence-corrected chi connectivity index (χ0v) is 10.1. The molecule has 1 unspecified atom stereocenters. The summed E-state index contributed by atoms with van der Waals surface area (Å²) in [5.74, 6) is 0. The highest BCUT2D eigenvalue weighted by Crippen LogP contribution is 2.18. The minimum atomic E-state index is 0.0981. The van der Waals surface area contributed by atoms with E-state index in [0.717, 1.165) is 0 Å². The van der Waals surface area contributed by atoms with Crippen LogP contribution in [0.15, 0.2) is 36.4 Å². The first-order chi connectivity index (χ1) is 7.59. The SMILES string of the molecule is Cc1ccc(C)n1-c1ccc(C(C)N)cc1. The quantitative estimate of drug-likeness (QED) is 0.818. The lowest BCUT2D eigenvalue weighted by Crippen LogP contribution is -2.05. The van der Waals surface area contributed by atoms with Crippen LogP contribution in [0.1, 0.15) is 29.9 Å². The van der Waals surface area contributed by atoms with Crippen LogP contribution in [0, 0.1) is 13.8 Å². The smallest absolute Gasteiger partial charge is 0.0455 e. The van der Waals surface area contributed by atoms with Crippen LogP contribution in [0.4, 0.5) is 0 Å². The average Bonchev–Trinajstić information content (AvgIpc) is 2.59. The van der Waals surface area contributed by atoms with Crippen LogP contribution in [0.5, 0.6) is 0 Å². The molecule has 0 aliphatic rings. The van der Waals surface area contributed by atoms with Gasteiger partial charge in [-0.2, -0.15) is 0 Å². The molecule has 2 rings (SSSR count). The van der Waals surface area contributed by atoms with Crippen molar-refractivity contribution in [3.05, 3.63) is 53.3 Å². The van der Waals surface area contributed by atoms with Gasteiger partial charge in [-0.3, -0.25) is 0 Å². The van der Waals surface area contributed by atoms with E-state index in [0.29, 0.717) is 0 Å². The first-order valence-electron chi connectivity index (χ1n) is 5.60. The van der Waals surface area contributed by atoms with Gasteiger partial charge in [0.15, 0.2) is 0 Å². The third-order valence-corrected chi connectivity index (χ3v) is 2.95. The van der Waals surface area contributed by atoms with Crippen molar-refractivity contribution in [2.24, 2.45) is 5.73 Å². The number of hydrogen-bond donors (Lipinski definition) is 1. The van der Waals surface area contributed by atoms with Gasteiger partial charge in [-0.15, -0.1) is 0 Å². The average molecular weight is 214 g/mol. The fourth-order valence-corrected chi connectivity index (χ4v) is 2.00. The van der Waals surface area contributed by atoms with Crippen LogP contribution in [0.25, 0.3) is 5.69 Å². The summed E-state index contributed by atoms with van der Waals surface area (Å²) in [6.07, 6.45) is 0. The minimum Gasteiger partial charge on any atom is -0.324 e. The monoisotopic (exact) mass is 214 g/mol. The van der Waals surface area contributed by atoms with E-state index in [1.54, 1.807) is 0 Å². The summed E-state index contributed by atoms with van der Waals surface area (Å²) in [5.41, 5.74) is 10.7. The molecule has 0 aliphatic carbocycles. The van der Waals surface area contributed by atoms with E-state index in [1.807, 2.05) is 6.92 Å². The van der Waals surface area contributed by atoms with E-state index in [1.165, 1.54) is 22.6 Å². The Balaban J connectivity index is 2.42. The first kappa shape index (κ1) is 11.0. The normalized spacial score (nSPS) is 12.8. The number of benzene rings is 1. The van der Waals surface area contributed by atoms with E-state index >= 15 is 0 Å². The molecule has 2 aromatic rings. The van der Waals surface area contributed by atoms with Crippen molar-refractivity contribution in [2.75, 3.05) is 0 Å². The molecule has 0 saturated heterocycles. The molecule has 1 aromatic heterocycles. The number of nitrogens with zero attached hydrogens (tertiary/aromatic N) is 1. The fraction of sp³-hybridized carbons (Fsp3) is 0.286. The van der Waals surface area contributed by atoms with E-state index < -0.39 is 0 Å². The lowest BCUT2D eigenvalue weighted by Gasteiger charge is -2.11. The molecule has 1 aromatic carbocycles. The van der Waals surface area contributed by atoms with Gasteiger partial charge in [-0.1, -0.05) is 12.1 Å². The summed E-state index contributed by atoms with van der Waals surface area (Å²) in [6, 6.07) is 12.8. The van der Waals surface area contributed by atoms with E-state index in [9.17, 15) is 0 Å². The van der Waals surface area contributed by atoms with Crippen LogP contribution in [-0.4, -0.2) is 4.57 Å². The van der Waals surface area contributed by atoms with Crippen LogP contribution in [0.3, 0.4) is 0 Å². The van der Waals surface area contributed by atoms with Crippen molar-refractivity contribution >= 4 is 0 Å². The maximum absolute atomic E-state index is 5.84. The Hall–Kier alpha value is -1.54. The van der Waals surface area contributed by atoms with E-state index in [4.69, 9.17) is 5.73 Å². The molecule has 0 bridgehead atoms. The summed E-state index contributed by atoms with van der Waals surface area (Å²) >= 11 is 0. The van der Waals surface area contributed by atoms with Gasteiger partial charge in [0, 0.05) is 23.1 Å². The minimum absolute atomic E-state index is 0.0981. The molecule has 0 radical (unpaired) electrons. The molecule has 0 aliphatic heterocycles. The van der Waals surface area contributed by atoms with Gasteiger partial charge in [-0.05, 0) is 50.6 Å². The first-order valence-corrected chi connectivity index (χ1v) is 5.60. The zero-order valence-electron chi connectivity index (χ0n) is 10.1. The Labute approximate surface area is 96.7 Å². The highest BCUT2D eigenvalue weighted by molar-refractivity contribution is 5.39. The van der Waals surface area contributed by atoms with Gasteiger partial charge in [-0.25, -0.2) is 0 Å². The van der Waals surface area contributed by atoms with Crippen molar-refractivity contribution in [1.82, 2.24) is 4.57 Å². The van der Waals surface area contributed by atoms with Gasteiger partial charge < -0.3 is 10.3 Å². The molecule has 2 heteroatoms. The number of rotatable bonds is 2. The van der Waals surface area contributed by atoms with Gasteiger partial charge in [0.2, 0.25) is 0 Å². The van der Waals surface area contributed by atoms with Crippen LogP contribution in [-0.2, 0) is 0 Å². The molecule has 84 valence electrons. The maximum atomic E-state index is 5.84. The van der Waals surface area contributed by atoms with Crippen molar-refractivity contribution in [1.29, 1.82) is 0 Å². The van der Waals surface area contributed by atoms with Crippen LogP contribution in [0.2, 0.25) is 0 Å². The van der Waals surface area contributed by atoms with Gasteiger partial charge in [0.1, 0.15) is 0 Å². The molecule has 0 saturated carbocycles. The Bertz CT molecular complexity index is 458. The highest BCUT2D eigenvalue weighted by Gasteiger charge is 2.04. The molecular formula is C14H18N2. The van der Waals surface area contributed by atoms with Crippen molar-refractivity contribution in [3.8, 4) is 5.69 Å². The van der Waals surface area contributed by atoms with E-state index in [2.05, 4.69) is 54.8 Å². The Morgan fingerprint density at radius 2 is 1.44 bits per heavy atom. The molecule has 2 N–H and O–H groups in total. The van der Waals surface area contributed by atoms with Crippen LogP contribution < -0.4 is 5.73 Å². The summed E-state index contributed by atoms with van der Waals surface area (Å²) in [6.45, 7) is 6.24. The molecule has 0 fully saturated rings. The van der Waals surface area contributed by atoms with Gasteiger partial charge >= 0.3 is 0 Å². The Morgan fingerprint density at radius 1 is 0.938 bits per heavy atom. The van der Waals surface area contributed by atoms with E-state index in [-0.39, 0.29) is 6.04 Å². The second-order valence-electron chi connectivity index (χ2n) is 4.33. The van der Waals surface area contributed by atoms with Crippen molar-refractivity contribution < 1.29 is 0 Å². The van der Waals surface area contributed by atoms with Gasteiger partial charge in [0.05, 0.1) is 0 Å². The fourth-order valence-electron chi connectivity index (χ4n) is 2.00. The van der Waals surface area contributed by atoms with Crippen molar-refractivity contribution in [2.45, 2.75) is 26.8 Å². The standard InChI is InChI=1S/C14H18N2/c1-10-4-5-11(2)16(10)14-8-6-13(7-9-14)12(3)15/h4-9,12H,15H2,1-3H3. The van der Waals surface area contributed by atoms with Crippen LogP contribution >= 0.6 is 0 Å². The third-order valence-electron chi connectivity index (χ3n) is 2.95. The second kappa shape index (κ2) is 4.14. The molecule has 16 heavy (non-hydrogen) atoms. The number of aryl methyl sites for hydroxylation is 2. The predicted octanol–water partition coefficient (Wildman–Crippen LogP) is 3.11. The number of hydrogen-bond acceptors (Lipinski definition) is 1. The molecule has 2 nitrogen and oxygen atoms in total. The highest BCUT2D eigenvalue weighted by atomic mass is 15.0. The number of nitrogens with two attached hydrogens (primary N) is 1. The summed E-state index contributed by atoms with van der Waals surface area (Å²) in [4.78, 5) is 0. The molecule has 1 atom stereocenters. The summed E-state index contributed by atoms with van der Waals surface area (Å²) in [7, 11) is 0. The second-order valence-corrected chi connectivity index (χ2v) is 4.33. The molecule has 0 spiro atoms. The topological polar surface area (TPSA) is 30.9 Å². The molecule has 0 amide bonds. The maximum Gasteiger partial charge on any atom is 0.0455 e. The molecule has 1 heterocycles. The zero-order chi connectivity index (χ0) is 11.7. The van der Waals surface area contributed by atoms with Crippen molar-refractivity contribution in [3.63, 3.8) is 0 Å². The Kier molecular flexibility index (Phi) is 2.84. The molecular weight excluding hydrogens is 196 g/mol. The third kappa shape index (κ3) is 1.89. The Morgan fingerprint density at radius 3 is 1.88 bits per heavy atom. The largest absolute Gasteiger partial charge is 0.324 e. The summed E-state index contributed by atoms with van der Waals surface area (Å²) in [5, 5.41) is 0. The lowest BCUT2D eigenvalue weighted by atomic mass is 10.1. The number of aromatic nitrogens is 1. The lowest BCUT2D eigenvalue weighted by molar-refractivity contribution is 0.816. The predicted molar refractivity (Wildman–Crippen MR) is 67.8 cm³/mol. The van der Waals surface area contributed by atoms with Gasteiger partial charge in [0.25, 0.3) is 0 Å².